The van der Waals surface area contributed by atoms with Gasteiger partial charge in [-0.1, -0.05) is 25.5 Å². The van der Waals surface area contributed by atoms with Crippen LogP contribution < -0.4 is 0 Å². The van der Waals surface area contributed by atoms with Crippen LogP contribution in [0.3, 0.4) is 0 Å². The summed E-state index contributed by atoms with van der Waals surface area (Å²) in [5, 5.41) is 8.90. The van der Waals surface area contributed by atoms with Crippen molar-refractivity contribution < 1.29 is 23.9 Å². The van der Waals surface area contributed by atoms with Gasteiger partial charge in [0, 0.05) is 6.42 Å². The highest BCUT2D eigenvalue weighted by molar-refractivity contribution is 5.71. The summed E-state index contributed by atoms with van der Waals surface area (Å²) in [7, 11) is 5.85. The summed E-state index contributed by atoms with van der Waals surface area (Å²) in [5.41, 5.74) is 0. The normalized spacial score (nSPS) is 13.3. The molecule has 0 radical (unpaired) electrons. The number of unbranched alkanes of at least 4 members (excludes halogenated alkanes) is 3. The van der Waals surface area contributed by atoms with Gasteiger partial charge in [-0.15, -0.1) is 0 Å². The topological polar surface area (TPSA) is 63.6 Å². The molecule has 0 aliphatic rings. The van der Waals surface area contributed by atoms with Crippen molar-refractivity contribution in [3.63, 3.8) is 0 Å². The Morgan fingerprint density at radius 1 is 1.14 bits per heavy atom. The van der Waals surface area contributed by atoms with Crippen molar-refractivity contribution in [2.75, 3.05) is 27.7 Å². The van der Waals surface area contributed by atoms with Gasteiger partial charge in [0.05, 0.1) is 27.6 Å². The highest BCUT2D eigenvalue weighted by atomic mass is 16.5. The number of carboxylic acid groups (broad SMARTS) is 1. The number of carbonyl (C=O) groups excluding carboxylic acids is 1. The molecular weight excluding hydrogens is 282 g/mol. The number of carbonyl (C=O) groups is 2. The van der Waals surface area contributed by atoms with E-state index >= 15 is 0 Å². The minimum absolute atomic E-state index is 0.138. The summed E-state index contributed by atoms with van der Waals surface area (Å²) >= 11 is 0. The Kier molecular flexibility index (Phi) is 10.5. The van der Waals surface area contributed by atoms with Crippen molar-refractivity contribution in [3.8, 4) is 0 Å². The van der Waals surface area contributed by atoms with Crippen LogP contribution in [0.5, 0.6) is 0 Å². The zero-order valence-electron chi connectivity index (χ0n) is 14.5. The molecule has 0 fully saturated rings. The van der Waals surface area contributed by atoms with Crippen molar-refractivity contribution in [2.24, 2.45) is 0 Å². The first-order valence-corrected chi connectivity index (χ1v) is 8.11. The molecule has 0 saturated heterocycles. The van der Waals surface area contributed by atoms with Crippen molar-refractivity contribution in [1.29, 1.82) is 0 Å². The zero-order valence-corrected chi connectivity index (χ0v) is 14.5. The Bertz CT molecular complexity index is 358. The molecule has 1 N–H and O–H groups in total. The Morgan fingerprint density at radius 3 is 2.32 bits per heavy atom. The summed E-state index contributed by atoms with van der Waals surface area (Å²) < 4.78 is 5.89. The van der Waals surface area contributed by atoms with E-state index in [0.717, 1.165) is 32.1 Å². The molecule has 0 aromatic heterocycles. The molecule has 0 amide bonds. The molecule has 1 atom stereocenters. The van der Waals surface area contributed by atoms with Crippen molar-refractivity contribution >= 4 is 11.9 Å². The van der Waals surface area contributed by atoms with E-state index in [1.165, 1.54) is 0 Å². The molecule has 0 bridgehead atoms. The molecule has 0 aromatic rings. The number of hydrogen-bond acceptors (Lipinski definition) is 3. The highest BCUT2D eigenvalue weighted by Crippen LogP contribution is 2.09. The van der Waals surface area contributed by atoms with E-state index in [4.69, 9.17) is 9.84 Å². The molecule has 0 aliphatic heterocycles. The molecule has 22 heavy (non-hydrogen) atoms. The number of quaternary nitrogens is 1. The molecule has 0 spiro atoms. The van der Waals surface area contributed by atoms with Gasteiger partial charge >= 0.3 is 11.9 Å². The number of rotatable bonds is 12. The number of allylic oxidation sites excluding steroid dienone is 2. The van der Waals surface area contributed by atoms with E-state index in [1.807, 2.05) is 21.1 Å². The Balaban J connectivity index is 4.04. The molecule has 128 valence electrons. The largest absolute Gasteiger partial charge is 0.481 e. The highest BCUT2D eigenvalue weighted by Gasteiger charge is 2.24. The monoisotopic (exact) mass is 314 g/mol. The molecule has 0 aromatic carbocycles. The van der Waals surface area contributed by atoms with Crippen LogP contribution in [0, 0.1) is 0 Å². The lowest BCUT2D eigenvalue weighted by Gasteiger charge is -2.28. The maximum atomic E-state index is 11.8. The van der Waals surface area contributed by atoms with Crippen LogP contribution in [-0.2, 0) is 14.3 Å². The first-order valence-electron chi connectivity index (χ1n) is 8.11. The number of carboxylic acids is 1. The van der Waals surface area contributed by atoms with Crippen LogP contribution in [0.15, 0.2) is 12.2 Å². The van der Waals surface area contributed by atoms with Gasteiger partial charge in [-0.3, -0.25) is 9.59 Å². The summed E-state index contributed by atoms with van der Waals surface area (Å²) in [6, 6.07) is 0. The van der Waals surface area contributed by atoms with Crippen molar-refractivity contribution in [3.05, 3.63) is 12.2 Å². The number of aliphatic carboxylic acids is 1. The lowest BCUT2D eigenvalue weighted by molar-refractivity contribution is -0.873. The molecular formula is C17H32NO4+. The smallest absolute Gasteiger partial charge is 0.307 e. The Labute approximate surface area is 134 Å². The fourth-order valence-electron chi connectivity index (χ4n) is 2.13. The quantitative estimate of drug-likeness (QED) is 0.260. The SMILES string of the molecule is CCC/C=C/CCCCC(=O)OC(CC(=O)O)C[N+](C)(C)C. The van der Waals surface area contributed by atoms with Gasteiger partial charge in [-0.2, -0.15) is 0 Å². The van der Waals surface area contributed by atoms with Crippen molar-refractivity contribution in [2.45, 2.75) is 58.0 Å². The van der Waals surface area contributed by atoms with Gasteiger partial charge < -0.3 is 14.3 Å². The zero-order chi connectivity index (χ0) is 17.0. The second kappa shape index (κ2) is 11.2. The van der Waals surface area contributed by atoms with Crippen LogP contribution in [0.2, 0.25) is 0 Å². The first kappa shape index (κ1) is 20.6. The van der Waals surface area contributed by atoms with E-state index in [0.29, 0.717) is 17.4 Å². The minimum Gasteiger partial charge on any atom is -0.481 e. The number of esters is 1. The van der Waals surface area contributed by atoms with Crippen LogP contribution >= 0.6 is 0 Å². The molecule has 0 rings (SSSR count). The van der Waals surface area contributed by atoms with Crippen molar-refractivity contribution in [1.82, 2.24) is 0 Å². The molecule has 0 saturated carbocycles. The standard InChI is InChI=1S/C17H31NO4/c1-5-6-7-8-9-10-11-12-17(21)22-15(13-16(19)20)14-18(2,3)4/h7-8,15H,5-6,9-14H2,1-4H3/p+1/b8-7+. The molecule has 5 nitrogen and oxygen atoms in total. The van der Waals surface area contributed by atoms with E-state index in [9.17, 15) is 9.59 Å². The maximum absolute atomic E-state index is 11.8. The fraction of sp³-hybridized carbons (Fsp3) is 0.765. The second-order valence-electron chi connectivity index (χ2n) is 6.69. The van der Waals surface area contributed by atoms with E-state index in [2.05, 4.69) is 19.1 Å². The van der Waals surface area contributed by atoms with E-state index < -0.39 is 12.1 Å². The molecule has 0 heterocycles. The summed E-state index contributed by atoms with van der Waals surface area (Å²) in [6.07, 6.45) is 8.94. The summed E-state index contributed by atoms with van der Waals surface area (Å²) in [5.74, 6) is -1.23. The Hall–Kier alpha value is -1.36. The molecule has 0 aliphatic carbocycles. The average Bonchev–Trinajstić information content (AvgIpc) is 2.34. The van der Waals surface area contributed by atoms with Crippen LogP contribution in [0.1, 0.15) is 51.9 Å². The number of hydrogen-bond donors (Lipinski definition) is 1. The van der Waals surface area contributed by atoms with Gasteiger partial charge in [0.1, 0.15) is 6.54 Å². The third-order valence-corrected chi connectivity index (χ3v) is 3.08. The predicted molar refractivity (Wildman–Crippen MR) is 87.5 cm³/mol. The average molecular weight is 314 g/mol. The number of ether oxygens (including phenoxy) is 1. The fourth-order valence-corrected chi connectivity index (χ4v) is 2.13. The summed E-state index contributed by atoms with van der Waals surface area (Å²) in [6.45, 7) is 2.64. The Morgan fingerprint density at radius 2 is 1.77 bits per heavy atom. The molecule has 5 heteroatoms. The first-order chi connectivity index (χ1) is 10.2. The van der Waals surface area contributed by atoms with Crippen LogP contribution in [-0.4, -0.2) is 55.3 Å². The third-order valence-electron chi connectivity index (χ3n) is 3.08. The lowest BCUT2D eigenvalue weighted by Crippen LogP contribution is -2.43. The van der Waals surface area contributed by atoms with E-state index in [-0.39, 0.29) is 12.4 Å². The minimum atomic E-state index is -0.938. The number of nitrogens with zero attached hydrogens (tertiary/aromatic N) is 1. The maximum Gasteiger partial charge on any atom is 0.307 e. The van der Waals surface area contributed by atoms with Gasteiger partial charge in [0.25, 0.3) is 0 Å². The van der Waals surface area contributed by atoms with Gasteiger partial charge in [0.2, 0.25) is 0 Å². The van der Waals surface area contributed by atoms with Crippen LogP contribution in [0.4, 0.5) is 0 Å². The molecule has 1 unspecified atom stereocenters. The number of likely N-dealkylation sites (N-methyl/N-ethyl adjacent to an activating group) is 1. The lowest BCUT2D eigenvalue weighted by atomic mass is 10.1. The second-order valence-corrected chi connectivity index (χ2v) is 6.69. The van der Waals surface area contributed by atoms with E-state index in [1.54, 1.807) is 0 Å². The summed E-state index contributed by atoms with van der Waals surface area (Å²) in [4.78, 5) is 22.7. The van der Waals surface area contributed by atoms with Crippen LogP contribution in [0.25, 0.3) is 0 Å². The van der Waals surface area contributed by atoms with Gasteiger partial charge in [-0.05, 0) is 25.7 Å². The van der Waals surface area contributed by atoms with Gasteiger partial charge in [-0.25, -0.2) is 0 Å². The van der Waals surface area contributed by atoms with Gasteiger partial charge in [0.15, 0.2) is 6.10 Å². The third kappa shape index (κ3) is 13.6. The predicted octanol–water partition coefficient (Wildman–Crippen LogP) is 3.00.